The zero-order valence-electron chi connectivity index (χ0n) is 11.3. The molecule has 2 rings (SSSR count). The van der Waals surface area contributed by atoms with Crippen LogP contribution in [0, 0.1) is 0 Å². The molecule has 1 atom stereocenters. The number of nitrogens with one attached hydrogen (secondary N) is 1. The zero-order chi connectivity index (χ0) is 14.4. The van der Waals surface area contributed by atoms with Gasteiger partial charge in [0.2, 0.25) is 0 Å². The third-order valence-electron chi connectivity index (χ3n) is 3.14. The van der Waals surface area contributed by atoms with Crippen LogP contribution in [-0.4, -0.2) is 18.8 Å². The Morgan fingerprint density at radius 1 is 1.20 bits per heavy atom. The maximum atomic E-state index is 9.55. The largest absolute Gasteiger partial charge is 0.497 e. The topological polar surface area (TPSA) is 41.5 Å². The molecular formula is C16H18BrNO2. The molecule has 0 saturated heterocycles. The van der Waals surface area contributed by atoms with E-state index in [-0.39, 0.29) is 12.6 Å². The van der Waals surface area contributed by atoms with Gasteiger partial charge in [0, 0.05) is 11.0 Å². The number of benzene rings is 2. The van der Waals surface area contributed by atoms with Crippen LogP contribution in [0.3, 0.4) is 0 Å². The highest BCUT2D eigenvalue weighted by atomic mass is 79.9. The lowest BCUT2D eigenvalue weighted by Gasteiger charge is -2.17. The first-order valence-corrected chi connectivity index (χ1v) is 7.25. The summed E-state index contributed by atoms with van der Waals surface area (Å²) in [5.74, 6) is 0.798. The van der Waals surface area contributed by atoms with Crippen molar-refractivity contribution in [2.24, 2.45) is 0 Å². The van der Waals surface area contributed by atoms with Gasteiger partial charge in [0.1, 0.15) is 5.75 Å². The lowest BCUT2D eigenvalue weighted by Crippen LogP contribution is -2.24. The first kappa shape index (κ1) is 15.0. The van der Waals surface area contributed by atoms with Gasteiger partial charge in [0.25, 0.3) is 0 Å². The van der Waals surface area contributed by atoms with Gasteiger partial charge >= 0.3 is 0 Å². The third-order valence-corrected chi connectivity index (χ3v) is 3.67. The molecule has 106 valence electrons. The van der Waals surface area contributed by atoms with E-state index in [0.29, 0.717) is 6.54 Å². The highest BCUT2D eigenvalue weighted by molar-refractivity contribution is 9.10. The van der Waals surface area contributed by atoms with E-state index >= 15 is 0 Å². The predicted octanol–water partition coefficient (Wildman–Crippen LogP) is 3.28. The Labute approximate surface area is 127 Å². The lowest BCUT2D eigenvalue weighted by molar-refractivity contribution is 0.243. The molecule has 2 N–H and O–H groups in total. The SMILES string of the molecule is COc1cccc(C(CO)NCc2ccc(Br)cc2)c1. The highest BCUT2D eigenvalue weighted by Crippen LogP contribution is 2.19. The van der Waals surface area contributed by atoms with Crippen molar-refractivity contribution in [2.75, 3.05) is 13.7 Å². The van der Waals surface area contributed by atoms with E-state index in [1.54, 1.807) is 7.11 Å². The van der Waals surface area contributed by atoms with Gasteiger partial charge in [0.15, 0.2) is 0 Å². The Kier molecular flexibility index (Phi) is 5.59. The van der Waals surface area contributed by atoms with Crippen LogP contribution in [0.1, 0.15) is 17.2 Å². The van der Waals surface area contributed by atoms with Crippen molar-refractivity contribution in [2.45, 2.75) is 12.6 Å². The number of methoxy groups -OCH3 is 1. The van der Waals surface area contributed by atoms with Crippen molar-refractivity contribution in [1.82, 2.24) is 5.32 Å². The van der Waals surface area contributed by atoms with E-state index in [9.17, 15) is 5.11 Å². The number of halogens is 1. The summed E-state index contributed by atoms with van der Waals surface area (Å²) in [5.41, 5.74) is 2.19. The van der Waals surface area contributed by atoms with Gasteiger partial charge in [-0.15, -0.1) is 0 Å². The van der Waals surface area contributed by atoms with Gasteiger partial charge in [-0.05, 0) is 35.4 Å². The smallest absolute Gasteiger partial charge is 0.119 e. The lowest BCUT2D eigenvalue weighted by atomic mass is 10.1. The molecule has 2 aromatic carbocycles. The normalized spacial score (nSPS) is 12.2. The van der Waals surface area contributed by atoms with E-state index in [1.165, 1.54) is 5.56 Å². The molecular weight excluding hydrogens is 318 g/mol. The second-order valence-corrected chi connectivity index (χ2v) is 5.43. The maximum Gasteiger partial charge on any atom is 0.119 e. The van der Waals surface area contributed by atoms with Crippen molar-refractivity contribution in [3.05, 3.63) is 64.1 Å². The Hall–Kier alpha value is -1.36. The van der Waals surface area contributed by atoms with Gasteiger partial charge < -0.3 is 15.2 Å². The standard InChI is InChI=1S/C16H18BrNO2/c1-20-15-4-2-3-13(9-15)16(11-19)18-10-12-5-7-14(17)8-6-12/h2-9,16,18-19H,10-11H2,1H3. The second kappa shape index (κ2) is 7.43. The molecule has 0 aliphatic rings. The zero-order valence-corrected chi connectivity index (χ0v) is 12.9. The van der Waals surface area contributed by atoms with E-state index in [4.69, 9.17) is 4.74 Å². The second-order valence-electron chi connectivity index (χ2n) is 4.52. The number of hydrogen-bond acceptors (Lipinski definition) is 3. The fourth-order valence-electron chi connectivity index (χ4n) is 1.99. The molecule has 0 aliphatic heterocycles. The van der Waals surface area contributed by atoms with Crippen LogP contribution in [0.2, 0.25) is 0 Å². The van der Waals surface area contributed by atoms with Crippen LogP contribution in [0.25, 0.3) is 0 Å². The summed E-state index contributed by atoms with van der Waals surface area (Å²) in [6, 6.07) is 15.8. The molecule has 3 nitrogen and oxygen atoms in total. The van der Waals surface area contributed by atoms with E-state index < -0.39 is 0 Å². The number of aliphatic hydroxyl groups excluding tert-OH is 1. The van der Waals surface area contributed by atoms with Crippen LogP contribution in [0.15, 0.2) is 53.0 Å². The predicted molar refractivity (Wildman–Crippen MR) is 83.8 cm³/mol. The van der Waals surface area contributed by atoms with Gasteiger partial charge in [-0.25, -0.2) is 0 Å². The monoisotopic (exact) mass is 335 g/mol. The van der Waals surface area contributed by atoms with Crippen LogP contribution in [-0.2, 0) is 6.54 Å². The molecule has 0 aromatic heterocycles. The van der Waals surface area contributed by atoms with Crippen molar-refractivity contribution in [3.8, 4) is 5.75 Å². The maximum absolute atomic E-state index is 9.55. The summed E-state index contributed by atoms with van der Waals surface area (Å²) in [6.07, 6.45) is 0. The molecule has 0 spiro atoms. The fraction of sp³-hybridized carbons (Fsp3) is 0.250. The molecule has 2 aromatic rings. The van der Waals surface area contributed by atoms with E-state index in [1.807, 2.05) is 36.4 Å². The van der Waals surface area contributed by atoms with Gasteiger partial charge in [0.05, 0.1) is 19.8 Å². The Balaban J connectivity index is 2.03. The first-order valence-electron chi connectivity index (χ1n) is 6.45. The average Bonchev–Trinajstić information content (AvgIpc) is 2.50. The molecule has 0 aliphatic carbocycles. The van der Waals surface area contributed by atoms with Crippen molar-refractivity contribution in [3.63, 3.8) is 0 Å². The number of hydrogen-bond donors (Lipinski definition) is 2. The van der Waals surface area contributed by atoms with Crippen LogP contribution >= 0.6 is 15.9 Å². The van der Waals surface area contributed by atoms with Gasteiger partial charge in [-0.1, -0.05) is 40.2 Å². The van der Waals surface area contributed by atoms with Crippen LogP contribution in [0.4, 0.5) is 0 Å². The molecule has 1 unspecified atom stereocenters. The minimum Gasteiger partial charge on any atom is -0.497 e. The molecule has 0 saturated carbocycles. The number of aliphatic hydroxyl groups is 1. The summed E-state index contributed by atoms with van der Waals surface area (Å²) < 4.78 is 6.27. The van der Waals surface area contributed by atoms with Crippen molar-refractivity contribution < 1.29 is 9.84 Å². The number of rotatable bonds is 6. The minimum absolute atomic E-state index is 0.0453. The van der Waals surface area contributed by atoms with E-state index in [0.717, 1.165) is 15.8 Å². The summed E-state index contributed by atoms with van der Waals surface area (Å²) in [7, 11) is 1.64. The van der Waals surface area contributed by atoms with Crippen LogP contribution < -0.4 is 10.1 Å². The van der Waals surface area contributed by atoms with E-state index in [2.05, 4.69) is 33.4 Å². The summed E-state index contributed by atoms with van der Waals surface area (Å²) in [5, 5.41) is 12.9. The first-order chi connectivity index (χ1) is 9.72. The quantitative estimate of drug-likeness (QED) is 0.851. The van der Waals surface area contributed by atoms with Crippen molar-refractivity contribution in [1.29, 1.82) is 0 Å². The highest BCUT2D eigenvalue weighted by Gasteiger charge is 2.10. The third kappa shape index (κ3) is 4.07. The molecule has 0 fully saturated rings. The van der Waals surface area contributed by atoms with Crippen LogP contribution in [0.5, 0.6) is 5.75 Å². The molecule has 0 bridgehead atoms. The molecule has 4 heteroatoms. The average molecular weight is 336 g/mol. The molecule has 0 amide bonds. The molecule has 20 heavy (non-hydrogen) atoms. The summed E-state index contributed by atoms with van der Waals surface area (Å²) in [4.78, 5) is 0. The minimum atomic E-state index is -0.103. The fourth-order valence-corrected chi connectivity index (χ4v) is 2.25. The summed E-state index contributed by atoms with van der Waals surface area (Å²) in [6.45, 7) is 0.749. The molecule has 0 heterocycles. The Bertz CT molecular complexity index is 542. The molecule has 0 radical (unpaired) electrons. The van der Waals surface area contributed by atoms with Gasteiger partial charge in [-0.3, -0.25) is 0 Å². The van der Waals surface area contributed by atoms with Crippen molar-refractivity contribution >= 4 is 15.9 Å². The van der Waals surface area contributed by atoms with Gasteiger partial charge in [-0.2, -0.15) is 0 Å². The summed E-state index contributed by atoms with van der Waals surface area (Å²) >= 11 is 3.42. The Morgan fingerprint density at radius 3 is 2.60 bits per heavy atom. The Morgan fingerprint density at radius 2 is 1.95 bits per heavy atom. The number of ether oxygens (including phenoxy) is 1.